The van der Waals surface area contributed by atoms with Gasteiger partial charge in [-0.05, 0) is 43.3 Å². The first-order valence-electron chi connectivity index (χ1n) is 8.13. The van der Waals surface area contributed by atoms with Crippen LogP contribution in [0, 0.1) is 11.3 Å². The van der Waals surface area contributed by atoms with Crippen molar-refractivity contribution in [1.82, 2.24) is 14.8 Å². The summed E-state index contributed by atoms with van der Waals surface area (Å²) in [6, 6.07) is 16.4. The molecule has 1 amide bonds. The van der Waals surface area contributed by atoms with Crippen molar-refractivity contribution >= 4 is 23.4 Å². The van der Waals surface area contributed by atoms with Crippen LogP contribution in [0.4, 0.5) is 5.69 Å². The van der Waals surface area contributed by atoms with Crippen molar-refractivity contribution in [2.24, 2.45) is 0 Å². The first kappa shape index (κ1) is 18.5. The summed E-state index contributed by atoms with van der Waals surface area (Å²) < 4.78 is 6.97. The highest BCUT2D eigenvalue weighted by molar-refractivity contribution is 8.00. The highest BCUT2D eigenvalue weighted by Gasteiger charge is 2.19. The number of nitriles is 1. The predicted octanol–water partition coefficient (Wildman–Crippen LogP) is 3.27. The number of carbonyl (C=O) groups is 1. The van der Waals surface area contributed by atoms with Gasteiger partial charge in [0.25, 0.3) is 0 Å². The van der Waals surface area contributed by atoms with Crippen LogP contribution in [0.3, 0.4) is 0 Å². The Morgan fingerprint density at radius 2 is 2.00 bits per heavy atom. The molecule has 0 fully saturated rings. The maximum absolute atomic E-state index is 12.5. The van der Waals surface area contributed by atoms with Crippen LogP contribution < -0.4 is 10.1 Å². The highest BCUT2D eigenvalue weighted by Crippen LogP contribution is 2.26. The second-order valence-corrected chi connectivity index (χ2v) is 6.90. The molecule has 3 rings (SSSR count). The van der Waals surface area contributed by atoms with Gasteiger partial charge in [-0.3, -0.25) is 9.36 Å². The van der Waals surface area contributed by atoms with Crippen molar-refractivity contribution in [3.63, 3.8) is 0 Å². The molecule has 0 saturated heterocycles. The molecule has 0 aliphatic heterocycles. The number of hydrogen-bond acceptors (Lipinski definition) is 6. The van der Waals surface area contributed by atoms with Crippen molar-refractivity contribution in [2.75, 3.05) is 12.4 Å². The number of thioether (sulfide) groups is 1. The van der Waals surface area contributed by atoms with Crippen molar-refractivity contribution in [1.29, 1.82) is 5.26 Å². The van der Waals surface area contributed by atoms with Gasteiger partial charge in [-0.2, -0.15) is 5.26 Å². The van der Waals surface area contributed by atoms with Crippen LogP contribution >= 0.6 is 11.8 Å². The van der Waals surface area contributed by atoms with E-state index in [1.807, 2.05) is 24.3 Å². The van der Waals surface area contributed by atoms with E-state index < -0.39 is 5.25 Å². The average molecular weight is 379 g/mol. The van der Waals surface area contributed by atoms with Gasteiger partial charge >= 0.3 is 0 Å². The lowest BCUT2D eigenvalue weighted by atomic mass is 10.2. The number of carbonyl (C=O) groups excluding carboxylic acids is 1. The third-order valence-electron chi connectivity index (χ3n) is 3.82. The average Bonchev–Trinajstić information content (AvgIpc) is 3.16. The van der Waals surface area contributed by atoms with E-state index >= 15 is 0 Å². The van der Waals surface area contributed by atoms with Gasteiger partial charge in [0, 0.05) is 5.69 Å². The quantitative estimate of drug-likeness (QED) is 0.661. The van der Waals surface area contributed by atoms with Crippen molar-refractivity contribution in [3.8, 4) is 17.5 Å². The summed E-state index contributed by atoms with van der Waals surface area (Å²) in [6.45, 7) is 1.78. The number of hydrogen-bond donors (Lipinski definition) is 1. The third kappa shape index (κ3) is 4.27. The van der Waals surface area contributed by atoms with Crippen molar-refractivity contribution in [2.45, 2.75) is 17.3 Å². The molecule has 0 bridgehead atoms. The van der Waals surface area contributed by atoms with Crippen LogP contribution in [0.2, 0.25) is 0 Å². The normalized spacial score (nSPS) is 11.4. The number of nitrogens with zero attached hydrogens (tertiary/aromatic N) is 4. The van der Waals surface area contributed by atoms with Crippen molar-refractivity contribution in [3.05, 3.63) is 60.4 Å². The molecular weight excluding hydrogens is 362 g/mol. The summed E-state index contributed by atoms with van der Waals surface area (Å²) in [5.74, 6) is 0.539. The SMILES string of the molecule is COc1ccc(-n2cnnc2SC(C)C(=O)Nc2ccccc2C#N)cc1. The number of methoxy groups -OCH3 is 1. The molecular formula is C19H17N5O2S. The van der Waals surface area contributed by atoms with Crippen LogP contribution in [0.15, 0.2) is 60.0 Å². The van der Waals surface area contributed by atoms with Crippen LogP contribution in [0.1, 0.15) is 12.5 Å². The summed E-state index contributed by atoms with van der Waals surface area (Å²) in [5.41, 5.74) is 1.78. The molecule has 1 N–H and O–H groups in total. The Labute approximate surface area is 161 Å². The molecule has 0 aliphatic carbocycles. The Hall–Kier alpha value is -3.31. The van der Waals surface area contributed by atoms with Gasteiger partial charge in [0.15, 0.2) is 5.16 Å². The summed E-state index contributed by atoms with van der Waals surface area (Å²) in [6.07, 6.45) is 1.60. The molecule has 0 spiro atoms. The van der Waals surface area contributed by atoms with Gasteiger partial charge in [-0.15, -0.1) is 10.2 Å². The van der Waals surface area contributed by atoms with Crippen LogP contribution in [0.25, 0.3) is 5.69 Å². The molecule has 1 atom stereocenters. The zero-order chi connectivity index (χ0) is 19.2. The maximum atomic E-state index is 12.5. The van der Waals surface area contributed by atoms with Gasteiger partial charge < -0.3 is 10.1 Å². The summed E-state index contributed by atoms with van der Waals surface area (Å²) in [4.78, 5) is 12.5. The predicted molar refractivity (Wildman–Crippen MR) is 103 cm³/mol. The van der Waals surface area contributed by atoms with Crippen molar-refractivity contribution < 1.29 is 9.53 Å². The standard InChI is InChI=1S/C19H17N5O2S/c1-13(18(25)22-17-6-4-3-5-14(17)11-20)27-19-23-21-12-24(19)15-7-9-16(26-2)10-8-15/h3-10,12-13H,1-2H3,(H,22,25). The molecule has 1 unspecified atom stereocenters. The lowest BCUT2D eigenvalue weighted by Gasteiger charge is -2.13. The number of benzene rings is 2. The van der Waals surface area contributed by atoms with E-state index in [1.165, 1.54) is 11.8 Å². The van der Waals surface area contributed by atoms with Crippen LogP contribution in [-0.4, -0.2) is 33.0 Å². The number of anilines is 1. The maximum Gasteiger partial charge on any atom is 0.237 e. The van der Waals surface area contributed by atoms with Gasteiger partial charge in [-0.25, -0.2) is 0 Å². The molecule has 7 nitrogen and oxygen atoms in total. The number of nitrogens with one attached hydrogen (secondary N) is 1. The first-order chi connectivity index (χ1) is 13.1. The number of amides is 1. The van der Waals surface area contributed by atoms with Crippen LogP contribution in [-0.2, 0) is 4.79 Å². The van der Waals surface area contributed by atoms with Gasteiger partial charge in [0.2, 0.25) is 5.91 Å². The fourth-order valence-corrected chi connectivity index (χ4v) is 3.20. The molecule has 3 aromatic rings. The molecule has 136 valence electrons. The Morgan fingerprint density at radius 1 is 1.26 bits per heavy atom. The minimum Gasteiger partial charge on any atom is -0.497 e. The van der Waals surface area contributed by atoms with Gasteiger partial charge in [0.05, 0.1) is 23.6 Å². The smallest absolute Gasteiger partial charge is 0.237 e. The molecule has 8 heteroatoms. The Kier molecular flexibility index (Phi) is 5.74. The fourth-order valence-electron chi connectivity index (χ4n) is 2.36. The Morgan fingerprint density at radius 3 is 2.70 bits per heavy atom. The number of ether oxygens (including phenoxy) is 1. The van der Waals surface area contributed by atoms with E-state index in [4.69, 9.17) is 10.00 Å². The summed E-state index contributed by atoms with van der Waals surface area (Å²) in [5, 5.41) is 20.2. The second kappa shape index (κ2) is 8.38. The summed E-state index contributed by atoms with van der Waals surface area (Å²) >= 11 is 1.29. The number of para-hydroxylation sites is 1. The molecule has 2 aromatic carbocycles. The largest absolute Gasteiger partial charge is 0.497 e. The third-order valence-corrected chi connectivity index (χ3v) is 4.88. The van der Waals surface area contributed by atoms with E-state index in [1.54, 1.807) is 49.2 Å². The van der Waals surface area contributed by atoms with E-state index in [0.717, 1.165) is 11.4 Å². The summed E-state index contributed by atoms with van der Waals surface area (Å²) in [7, 11) is 1.61. The van der Waals surface area contributed by atoms with Crippen LogP contribution in [0.5, 0.6) is 5.75 Å². The van der Waals surface area contributed by atoms with E-state index in [2.05, 4.69) is 21.6 Å². The number of rotatable bonds is 6. The minimum atomic E-state index is -0.432. The lowest BCUT2D eigenvalue weighted by Crippen LogP contribution is -2.23. The van der Waals surface area contributed by atoms with E-state index in [0.29, 0.717) is 16.4 Å². The molecule has 0 saturated carbocycles. The molecule has 0 radical (unpaired) electrons. The van der Waals surface area contributed by atoms with E-state index in [-0.39, 0.29) is 5.91 Å². The highest BCUT2D eigenvalue weighted by atomic mass is 32.2. The Balaban J connectivity index is 1.73. The molecule has 0 aliphatic rings. The molecule has 27 heavy (non-hydrogen) atoms. The minimum absolute atomic E-state index is 0.216. The zero-order valence-electron chi connectivity index (χ0n) is 14.8. The first-order valence-corrected chi connectivity index (χ1v) is 9.01. The molecule has 1 heterocycles. The van der Waals surface area contributed by atoms with Gasteiger partial charge in [0.1, 0.15) is 18.1 Å². The zero-order valence-corrected chi connectivity index (χ0v) is 15.6. The van der Waals surface area contributed by atoms with E-state index in [9.17, 15) is 4.79 Å². The fraction of sp³-hybridized carbons (Fsp3) is 0.158. The Bertz CT molecular complexity index is 978. The molecule has 1 aromatic heterocycles. The topological polar surface area (TPSA) is 92.8 Å². The second-order valence-electron chi connectivity index (χ2n) is 5.59. The van der Waals surface area contributed by atoms with Gasteiger partial charge in [-0.1, -0.05) is 23.9 Å². The monoisotopic (exact) mass is 379 g/mol. The lowest BCUT2D eigenvalue weighted by molar-refractivity contribution is -0.115. The number of aromatic nitrogens is 3.